The van der Waals surface area contributed by atoms with Crippen molar-refractivity contribution in [3.8, 4) is 0 Å². The maximum absolute atomic E-state index is 12.7. The van der Waals surface area contributed by atoms with Crippen molar-refractivity contribution >= 4 is 18.2 Å². The molecule has 0 aliphatic rings. The van der Waals surface area contributed by atoms with Gasteiger partial charge in [-0.25, -0.2) is 4.39 Å². The maximum Gasteiger partial charge on any atom is 0.195 e. The van der Waals surface area contributed by atoms with Crippen molar-refractivity contribution in [2.24, 2.45) is 0 Å². The second-order valence-electron chi connectivity index (χ2n) is 3.55. The van der Waals surface area contributed by atoms with Crippen molar-refractivity contribution in [1.82, 2.24) is 4.98 Å². The second kappa shape index (κ2) is 6.23. The average Bonchev–Trinajstić information content (AvgIpc) is 2.39. The predicted molar refractivity (Wildman–Crippen MR) is 67.2 cm³/mol. The fourth-order valence-corrected chi connectivity index (χ4v) is 1.47. The number of halogens is 2. The van der Waals surface area contributed by atoms with E-state index in [0.29, 0.717) is 5.56 Å². The van der Waals surface area contributed by atoms with E-state index in [1.54, 1.807) is 12.1 Å². The number of hydrogen-bond acceptors (Lipinski definition) is 3. The SMILES string of the molecule is Cl.O=C(c1ccc(F)cc1)C(O)c1ccncc1. The molecule has 0 radical (unpaired) electrons. The van der Waals surface area contributed by atoms with Crippen molar-refractivity contribution in [3.05, 3.63) is 65.7 Å². The molecule has 5 heteroatoms. The van der Waals surface area contributed by atoms with Gasteiger partial charge < -0.3 is 5.11 Å². The van der Waals surface area contributed by atoms with Crippen molar-refractivity contribution in [2.45, 2.75) is 6.10 Å². The van der Waals surface area contributed by atoms with Gasteiger partial charge in [-0.05, 0) is 42.0 Å². The molecule has 0 saturated heterocycles. The van der Waals surface area contributed by atoms with Crippen molar-refractivity contribution in [1.29, 1.82) is 0 Å². The second-order valence-corrected chi connectivity index (χ2v) is 3.55. The molecule has 3 nitrogen and oxygen atoms in total. The van der Waals surface area contributed by atoms with Crippen LogP contribution in [0.25, 0.3) is 0 Å². The van der Waals surface area contributed by atoms with Gasteiger partial charge >= 0.3 is 0 Å². The Morgan fingerprint density at radius 2 is 1.67 bits per heavy atom. The van der Waals surface area contributed by atoms with Gasteiger partial charge in [-0.1, -0.05) is 0 Å². The van der Waals surface area contributed by atoms with Gasteiger partial charge in [0.1, 0.15) is 11.9 Å². The van der Waals surface area contributed by atoms with Gasteiger partial charge in [0, 0.05) is 18.0 Å². The van der Waals surface area contributed by atoms with E-state index in [-0.39, 0.29) is 18.0 Å². The third kappa shape index (κ3) is 3.12. The van der Waals surface area contributed by atoms with Gasteiger partial charge in [0.05, 0.1) is 0 Å². The standard InChI is InChI=1S/C13H10FNO2.ClH/c14-11-3-1-9(2-4-11)12(16)13(17)10-5-7-15-8-6-10;/h1-8,13,17H;1H. The zero-order valence-corrected chi connectivity index (χ0v) is 10.1. The summed E-state index contributed by atoms with van der Waals surface area (Å²) in [6.45, 7) is 0. The zero-order valence-electron chi connectivity index (χ0n) is 9.29. The van der Waals surface area contributed by atoms with E-state index in [0.717, 1.165) is 0 Å². The molecule has 1 atom stereocenters. The summed E-state index contributed by atoms with van der Waals surface area (Å²) in [6.07, 6.45) is 1.75. The lowest BCUT2D eigenvalue weighted by molar-refractivity contribution is 0.0747. The topological polar surface area (TPSA) is 50.2 Å². The summed E-state index contributed by atoms with van der Waals surface area (Å²) in [5.74, 6) is -0.879. The minimum atomic E-state index is -1.25. The zero-order chi connectivity index (χ0) is 12.3. The molecule has 0 aliphatic carbocycles. The van der Waals surface area contributed by atoms with Gasteiger partial charge in [0.25, 0.3) is 0 Å². The minimum Gasteiger partial charge on any atom is -0.380 e. The van der Waals surface area contributed by atoms with E-state index >= 15 is 0 Å². The maximum atomic E-state index is 12.7. The largest absolute Gasteiger partial charge is 0.380 e. The molecule has 0 spiro atoms. The van der Waals surface area contributed by atoms with E-state index in [1.165, 1.54) is 36.7 Å². The highest BCUT2D eigenvalue weighted by Crippen LogP contribution is 2.17. The number of pyridine rings is 1. The number of aliphatic hydroxyl groups excluding tert-OH is 1. The molecule has 1 aromatic carbocycles. The lowest BCUT2D eigenvalue weighted by Gasteiger charge is -2.09. The van der Waals surface area contributed by atoms with Crippen LogP contribution in [0.4, 0.5) is 4.39 Å². The summed E-state index contributed by atoms with van der Waals surface area (Å²) in [7, 11) is 0. The highest BCUT2D eigenvalue weighted by atomic mass is 35.5. The first-order chi connectivity index (χ1) is 8.18. The molecule has 0 fully saturated rings. The first-order valence-electron chi connectivity index (χ1n) is 5.06. The minimum absolute atomic E-state index is 0. The van der Waals surface area contributed by atoms with Gasteiger partial charge in [-0.2, -0.15) is 0 Å². The Balaban J connectivity index is 0.00000162. The smallest absolute Gasteiger partial charge is 0.195 e. The molecule has 1 unspecified atom stereocenters. The molecule has 0 saturated carbocycles. The predicted octanol–water partition coefficient (Wildman–Crippen LogP) is 2.56. The van der Waals surface area contributed by atoms with Crippen LogP contribution in [0.15, 0.2) is 48.8 Å². The molecule has 0 amide bonds. The van der Waals surface area contributed by atoms with Gasteiger partial charge in [0.15, 0.2) is 5.78 Å². The fourth-order valence-electron chi connectivity index (χ4n) is 1.47. The molecule has 1 aromatic heterocycles. The van der Waals surface area contributed by atoms with E-state index in [4.69, 9.17) is 0 Å². The molecular formula is C13H11ClFNO2. The molecule has 18 heavy (non-hydrogen) atoms. The molecular weight excluding hydrogens is 257 g/mol. The Kier molecular flexibility index (Phi) is 4.95. The van der Waals surface area contributed by atoms with Crippen LogP contribution in [0.3, 0.4) is 0 Å². The van der Waals surface area contributed by atoms with Crippen molar-refractivity contribution in [3.63, 3.8) is 0 Å². The number of nitrogens with zero attached hydrogens (tertiary/aromatic N) is 1. The van der Waals surface area contributed by atoms with Crippen LogP contribution in [-0.4, -0.2) is 15.9 Å². The highest BCUT2D eigenvalue weighted by Gasteiger charge is 2.18. The Hall–Kier alpha value is -1.78. The third-order valence-corrected chi connectivity index (χ3v) is 2.40. The molecule has 2 rings (SSSR count). The highest BCUT2D eigenvalue weighted by molar-refractivity contribution is 5.99. The van der Waals surface area contributed by atoms with Crippen LogP contribution in [0.5, 0.6) is 0 Å². The summed E-state index contributed by atoms with van der Waals surface area (Å²) >= 11 is 0. The summed E-state index contributed by atoms with van der Waals surface area (Å²) in [4.78, 5) is 15.7. The molecule has 0 bridgehead atoms. The van der Waals surface area contributed by atoms with Crippen molar-refractivity contribution in [2.75, 3.05) is 0 Å². The molecule has 0 aliphatic heterocycles. The number of Topliss-reactive ketones (excluding diaryl/α,β-unsaturated/α-hetero) is 1. The number of hydrogen-bond donors (Lipinski definition) is 1. The van der Waals surface area contributed by atoms with Crippen LogP contribution in [-0.2, 0) is 0 Å². The Morgan fingerprint density at radius 3 is 2.22 bits per heavy atom. The first kappa shape index (κ1) is 14.3. The van der Waals surface area contributed by atoms with Gasteiger partial charge in [-0.15, -0.1) is 12.4 Å². The summed E-state index contributed by atoms with van der Waals surface area (Å²) in [6, 6.07) is 8.20. The number of carbonyl (C=O) groups excluding carboxylic acids is 1. The lowest BCUT2D eigenvalue weighted by Crippen LogP contribution is -2.12. The van der Waals surface area contributed by atoms with E-state index in [9.17, 15) is 14.3 Å². The van der Waals surface area contributed by atoms with Crippen LogP contribution in [0.2, 0.25) is 0 Å². The first-order valence-corrected chi connectivity index (χ1v) is 5.06. The summed E-state index contributed by atoms with van der Waals surface area (Å²) in [5, 5.41) is 9.84. The quantitative estimate of drug-likeness (QED) is 0.870. The molecule has 1 N–H and O–H groups in total. The normalized spacial score (nSPS) is 11.4. The third-order valence-electron chi connectivity index (χ3n) is 2.40. The number of aliphatic hydroxyl groups is 1. The average molecular weight is 268 g/mol. The molecule has 2 aromatic rings. The van der Waals surface area contributed by atoms with Crippen LogP contribution < -0.4 is 0 Å². The Morgan fingerprint density at radius 1 is 1.11 bits per heavy atom. The lowest BCUT2D eigenvalue weighted by atomic mass is 10.0. The van der Waals surface area contributed by atoms with E-state index < -0.39 is 17.7 Å². The van der Waals surface area contributed by atoms with Crippen LogP contribution in [0.1, 0.15) is 22.0 Å². The molecule has 94 valence electrons. The number of benzene rings is 1. The Labute approximate surface area is 110 Å². The monoisotopic (exact) mass is 267 g/mol. The summed E-state index contributed by atoms with van der Waals surface area (Å²) < 4.78 is 12.7. The number of aromatic nitrogens is 1. The van der Waals surface area contributed by atoms with E-state index in [2.05, 4.69) is 4.98 Å². The molecule has 1 heterocycles. The fraction of sp³-hybridized carbons (Fsp3) is 0.0769. The number of ketones is 1. The Bertz CT molecular complexity index is 516. The number of rotatable bonds is 3. The van der Waals surface area contributed by atoms with Crippen molar-refractivity contribution < 1.29 is 14.3 Å². The van der Waals surface area contributed by atoms with E-state index in [1.807, 2.05) is 0 Å². The van der Waals surface area contributed by atoms with Gasteiger partial charge in [0.2, 0.25) is 0 Å². The van der Waals surface area contributed by atoms with Crippen LogP contribution in [0, 0.1) is 5.82 Å². The van der Waals surface area contributed by atoms with Gasteiger partial charge in [-0.3, -0.25) is 9.78 Å². The van der Waals surface area contributed by atoms with Crippen LogP contribution >= 0.6 is 12.4 Å². The number of carbonyl (C=O) groups is 1. The summed E-state index contributed by atoms with van der Waals surface area (Å²) in [5.41, 5.74) is 0.741.